The number of rotatable bonds is 3. The second-order valence-corrected chi connectivity index (χ2v) is 5.37. The van der Waals surface area contributed by atoms with Gasteiger partial charge in [0.25, 0.3) is 0 Å². The molecule has 0 bridgehead atoms. The Hall–Kier alpha value is -1.000. The maximum atomic E-state index is 11.2. The van der Waals surface area contributed by atoms with Gasteiger partial charge in [-0.15, -0.1) is 0 Å². The van der Waals surface area contributed by atoms with Gasteiger partial charge in [-0.25, -0.2) is 0 Å². The van der Waals surface area contributed by atoms with Crippen molar-refractivity contribution in [2.75, 3.05) is 0 Å². The molecule has 98 valence electrons. The van der Waals surface area contributed by atoms with Gasteiger partial charge in [0, 0.05) is 22.9 Å². The highest BCUT2D eigenvalue weighted by atomic mass is 35.5. The molecule has 1 aliphatic carbocycles. The van der Waals surface area contributed by atoms with Crippen LogP contribution in [-0.4, -0.2) is 11.2 Å². The van der Waals surface area contributed by atoms with E-state index in [0.717, 1.165) is 17.4 Å². The van der Waals surface area contributed by atoms with Gasteiger partial charge in [-0.2, -0.15) is 0 Å². The fourth-order valence-electron chi connectivity index (χ4n) is 2.14. The molecule has 0 saturated carbocycles. The van der Waals surface area contributed by atoms with Gasteiger partial charge in [-0.1, -0.05) is 53.6 Å². The van der Waals surface area contributed by atoms with Crippen LogP contribution in [0.15, 0.2) is 35.9 Å². The van der Waals surface area contributed by atoms with Gasteiger partial charge in [0.15, 0.2) is 0 Å². The number of halogens is 2. The summed E-state index contributed by atoms with van der Waals surface area (Å²) in [6.45, 7) is 0.240. The molecule has 0 heterocycles. The zero-order valence-corrected chi connectivity index (χ0v) is 12.2. The van der Waals surface area contributed by atoms with Crippen molar-refractivity contribution in [3.8, 4) is 0 Å². The molecule has 0 aromatic heterocycles. The summed E-state index contributed by atoms with van der Waals surface area (Å²) in [5, 5.41) is 0.865. The zero-order valence-electron chi connectivity index (χ0n) is 9.90. The van der Waals surface area contributed by atoms with Gasteiger partial charge in [0.05, 0.1) is 10.0 Å². The van der Waals surface area contributed by atoms with Crippen molar-refractivity contribution in [2.45, 2.75) is 12.5 Å². The molecule has 1 aromatic carbocycles. The molecule has 0 fully saturated rings. The number of hydrogen-bond acceptors (Lipinski definition) is 3. The maximum absolute atomic E-state index is 11.2. The van der Waals surface area contributed by atoms with Gasteiger partial charge in [-0.3, -0.25) is 4.79 Å². The molecule has 2 rings (SSSR count). The minimum Gasteiger partial charge on any atom is -0.326 e. The molecule has 1 aromatic rings. The van der Waals surface area contributed by atoms with Crippen LogP contribution in [0.25, 0.3) is 0 Å². The molecular formula is C14H11Cl2NOS. The Morgan fingerprint density at radius 1 is 1.37 bits per heavy atom. The van der Waals surface area contributed by atoms with E-state index in [2.05, 4.69) is 0 Å². The molecule has 2 nitrogen and oxygen atoms in total. The normalized spacial score (nSPS) is 18.4. The first kappa shape index (κ1) is 14.4. The summed E-state index contributed by atoms with van der Waals surface area (Å²) in [5.41, 5.74) is 7.91. The van der Waals surface area contributed by atoms with Crippen LogP contribution in [0.3, 0.4) is 0 Å². The third kappa shape index (κ3) is 2.65. The average Bonchev–Trinajstić information content (AvgIpc) is 2.41. The Bertz CT molecular complexity index is 608. The zero-order chi connectivity index (χ0) is 14.0. The lowest BCUT2D eigenvalue weighted by atomic mass is 9.83. The van der Waals surface area contributed by atoms with Crippen molar-refractivity contribution >= 4 is 46.6 Å². The summed E-state index contributed by atoms with van der Waals surface area (Å²) >= 11 is 17.5. The van der Waals surface area contributed by atoms with Gasteiger partial charge in [0.2, 0.25) is 0 Å². The van der Waals surface area contributed by atoms with E-state index in [1.165, 1.54) is 0 Å². The lowest BCUT2D eigenvalue weighted by molar-refractivity contribution is -0.105. The van der Waals surface area contributed by atoms with E-state index in [4.69, 9.17) is 41.2 Å². The second kappa shape index (κ2) is 5.97. The molecule has 1 unspecified atom stereocenters. The van der Waals surface area contributed by atoms with Crippen molar-refractivity contribution in [1.82, 2.24) is 0 Å². The third-order valence-corrected chi connectivity index (χ3v) is 4.27. The predicted molar refractivity (Wildman–Crippen MR) is 83.0 cm³/mol. The topological polar surface area (TPSA) is 43.1 Å². The first-order valence-corrected chi connectivity index (χ1v) is 6.80. The summed E-state index contributed by atoms with van der Waals surface area (Å²) in [5.74, 6) is -0.286. The van der Waals surface area contributed by atoms with Crippen LogP contribution in [0.1, 0.15) is 17.0 Å². The van der Waals surface area contributed by atoms with E-state index in [-0.39, 0.29) is 12.5 Å². The monoisotopic (exact) mass is 311 g/mol. The van der Waals surface area contributed by atoms with Crippen molar-refractivity contribution in [3.05, 3.63) is 57.1 Å². The molecule has 19 heavy (non-hydrogen) atoms. The summed E-state index contributed by atoms with van der Waals surface area (Å²) in [6.07, 6.45) is 6.12. The minimum atomic E-state index is -0.286. The van der Waals surface area contributed by atoms with Crippen molar-refractivity contribution in [3.63, 3.8) is 0 Å². The lowest BCUT2D eigenvalue weighted by Crippen LogP contribution is -2.18. The number of hydrogen-bond donors (Lipinski definition) is 1. The smallest absolute Gasteiger partial charge is 0.147 e. The highest BCUT2D eigenvalue weighted by molar-refractivity contribution is 7.80. The first-order valence-electron chi connectivity index (χ1n) is 5.64. The Kier molecular flexibility index (Phi) is 4.53. The van der Waals surface area contributed by atoms with Crippen LogP contribution >= 0.6 is 35.4 Å². The quantitative estimate of drug-likeness (QED) is 0.685. The second-order valence-electron chi connectivity index (χ2n) is 4.11. The molecule has 2 N–H and O–H groups in total. The predicted octanol–water partition coefficient (Wildman–Crippen LogP) is 3.60. The third-order valence-electron chi connectivity index (χ3n) is 3.05. The highest BCUT2D eigenvalue weighted by Crippen LogP contribution is 2.36. The maximum Gasteiger partial charge on any atom is 0.147 e. The largest absolute Gasteiger partial charge is 0.326 e. The molecule has 0 saturated heterocycles. The number of carbonyl (C=O) groups excluding carboxylic acids is 1. The lowest BCUT2D eigenvalue weighted by Gasteiger charge is -2.23. The SMILES string of the molecule is NCc1c(C2C(=S)C=CC=C2C=O)ccc(Cl)c1Cl. The van der Waals surface area contributed by atoms with Gasteiger partial charge >= 0.3 is 0 Å². The van der Waals surface area contributed by atoms with Gasteiger partial charge in [-0.05, 0) is 23.3 Å². The molecular weight excluding hydrogens is 301 g/mol. The van der Waals surface area contributed by atoms with E-state index < -0.39 is 0 Å². The first-order chi connectivity index (χ1) is 9.10. The van der Waals surface area contributed by atoms with Crippen LogP contribution in [0.2, 0.25) is 10.0 Å². The standard InChI is InChI=1S/C14H11Cl2NOS/c15-11-5-4-9(10(6-17)14(11)16)13-8(7-18)2-1-3-12(13)19/h1-5,7,13H,6,17H2. The Balaban J connectivity index is 2.61. The Morgan fingerprint density at radius 3 is 2.74 bits per heavy atom. The number of carbonyl (C=O) groups is 1. The average molecular weight is 312 g/mol. The van der Waals surface area contributed by atoms with Crippen LogP contribution < -0.4 is 5.73 Å². The molecule has 0 amide bonds. The summed E-state index contributed by atoms with van der Waals surface area (Å²) in [7, 11) is 0. The molecule has 0 spiro atoms. The molecule has 5 heteroatoms. The minimum absolute atomic E-state index is 0.240. The van der Waals surface area contributed by atoms with E-state index in [1.807, 2.05) is 6.07 Å². The Labute approximate surface area is 126 Å². The van der Waals surface area contributed by atoms with Crippen LogP contribution in [0.4, 0.5) is 0 Å². The van der Waals surface area contributed by atoms with Crippen LogP contribution in [0, 0.1) is 0 Å². The van der Waals surface area contributed by atoms with Gasteiger partial charge < -0.3 is 5.73 Å². The molecule has 0 radical (unpaired) electrons. The Morgan fingerprint density at radius 2 is 2.11 bits per heavy atom. The fourth-order valence-corrected chi connectivity index (χ4v) is 2.90. The number of nitrogens with two attached hydrogens (primary N) is 1. The number of thiocarbonyl (C=S) groups is 1. The highest BCUT2D eigenvalue weighted by Gasteiger charge is 2.25. The van der Waals surface area contributed by atoms with Crippen LogP contribution in [-0.2, 0) is 11.3 Å². The van der Waals surface area contributed by atoms with E-state index in [1.54, 1.807) is 24.3 Å². The van der Waals surface area contributed by atoms with Crippen molar-refractivity contribution in [2.24, 2.45) is 5.73 Å². The molecule has 1 atom stereocenters. The molecule has 0 aliphatic heterocycles. The number of allylic oxidation sites excluding steroid dienone is 4. The molecule has 1 aliphatic rings. The number of aldehydes is 1. The van der Waals surface area contributed by atoms with E-state index in [9.17, 15) is 4.79 Å². The number of benzene rings is 1. The fraction of sp³-hybridized carbons (Fsp3) is 0.143. The van der Waals surface area contributed by atoms with Crippen LogP contribution in [0.5, 0.6) is 0 Å². The van der Waals surface area contributed by atoms with Gasteiger partial charge in [0.1, 0.15) is 6.29 Å². The summed E-state index contributed by atoms with van der Waals surface area (Å²) in [6, 6.07) is 3.52. The van der Waals surface area contributed by atoms with E-state index in [0.29, 0.717) is 20.5 Å². The summed E-state index contributed by atoms with van der Waals surface area (Å²) < 4.78 is 0. The van der Waals surface area contributed by atoms with Crippen molar-refractivity contribution in [1.29, 1.82) is 0 Å². The summed E-state index contributed by atoms with van der Waals surface area (Å²) in [4.78, 5) is 11.9. The van der Waals surface area contributed by atoms with Crippen molar-refractivity contribution < 1.29 is 4.79 Å². The van der Waals surface area contributed by atoms with E-state index >= 15 is 0 Å².